The normalized spacial score (nSPS) is 14.0. The second-order valence-corrected chi connectivity index (χ2v) is 5.98. The second kappa shape index (κ2) is 6.13. The standard InChI is InChI=1S/C19H21NO/c1-15-7-11-18(12-8-15)19(21)20(14-17-9-10-17)13-16-5-3-2-4-6-16/h2-8,11-12,17H,9-10,13-14H2,1H3. The predicted molar refractivity (Wildman–Crippen MR) is 85.1 cm³/mol. The van der Waals surface area contributed by atoms with E-state index in [0.29, 0.717) is 12.5 Å². The van der Waals surface area contributed by atoms with Crippen LogP contribution < -0.4 is 0 Å². The van der Waals surface area contributed by atoms with Crippen molar-refractivity contribution in [2.45, 2.75) is 26.3 Å². The number of amides is 1. The first kappa shape index (κ1) is 13.9. The average Bonchev–Trinajstić information content (AvgIpc) is 3.32. The minimum atomic E-state index is 0.144. The first-order valence-corrected chi connectivity index (χ1v) is 7.62. The summed E-state index contributed by atoms with van der Waals surface area (Å²) in [6.07, 6.45) is 2.51. The molecule has 0 atom stereocenters. The van der Waals surface area contributed by atoms with Crippen LogP contribution in [0.25, 0.3) is 0 Å². The van der Waals surface area contributed by atoms with Gasteiger partial charge in [-0.1, -0.05) is 48.0 Å². The largest absolute Gasteiger partial charge is 0.334 e. The Hall–Kier alpha value is -2.09. The van der Waals surface area contributed by atoms with Crippen molar-refractivity contribution in [1.82, 2.24) is 4.90 Å². The van der Waals surface area contributed by atoms with Gasteiger partial charge >= 0.3 is 0 Å². The number of carbonyl (C=O) groups is 1. The zero-order valence-corrected chi connectivity index (χ0v) is 12.5. The third-order valence-corrected chi connectivity index (χ3v) is 3.98. The topological polar surface area (TPSA) is 20.3 Å². The third-order valence-electron chi connectivity index (χ3n) is 3.98. The highest BCUT2D eigenvalue weighted by Gasteiger charge is 2.27. The van der Waals surface area contributed by atoms with Crippen molar-refractivity contribution < 1.29 is 4.79 Å². The molecule has 3 rings (SSSR count). The molecule has 2 aromatic rings. The van der Waals surface area contributed by atoms with Gasteiger partial charge in [0.15, 0.2) is 0 Å². The lowest BCUT2D eigenvalue weighted by molar-refractivity contribution is 0.0735. The number of hydrogen-bond acceptors (Lipinski definition) is 1. The fourth-order valence-electron chi connectivity index (χ4n) is 2.51. The van der Waals surface area contributed by atoms with Crippen molar-refractivity contribution in [2.24, 2.45) is 5.92 Å². The van der Waals surface area contributed by atoms with Crippen LogP contribution in [0.3, 0.4) is 0 Å². The molecule has 0 N–H and O–H groups in total. The molecule has 2 aromatic carbocycles. The average molecular weight is 279 g/mol. The summed E-state index contributed by atoms with van der Waals surface area (Å²) in [5.74, 6) is 0.842. The SMILES string of the molecule is Cc1ccc(C(=O)N(Cc2ccccc2)CC2CC2)cc1. The van der Waals surface area contributed by atoms with E-state index in [1.807, 2.05) is 54.3 Å². The minimum Gasteiger partial charge on any atom is -0.334 e. The Kier molecular flexibility index (Phi) is 4.05. The molecule has 0 heterocycles. The third kappa shape index (κ3) is 3.72. The van der Waals surface area contributed by atoms with Gasteiger partial charge in [-0.05, 0) is 43.4 Å². The highest BCUT2D eigenvalue weighted by molar-refractivity contribution is 5.94. The summed E-state index contributed by atoms with van der Waals surface area (Å²) < 4.78 is 0. The summed E-state index contributed by atoms with van der Waals surface area (Å²) in [6.45, 7) is 3.62. The smallest absolute Gasteiger partial charge is 0.254 e. The molecule has 0 unspecified atom stereocenters. The lowest BCUT2D eigenvalue weighted by Crippen LogP contribution is -2.32. The van der Waals surface area contributed by atoms with Gasteiger partial charge in [0.05, 0.1) is 0 Å². The first-order valence-electron chi connectivity index (χ1n) is 7.62. The maximum Gasteiger partial charge on any atom is 0.254 e. The zero-order valence-electron chi connectivity index (χ0n) is 12.5. The number of hydrogen-bond donors (Lipinski definition) is 0. The van der Waals surface area contributed by atoms with Crippen molar-refractivity contribution in [3.05, 3.63) is 71.3 Å². The summed E-state index contributed by atoms with van der Waals surface area (Å²) >= 11 is 0. The zero-order chi connectivity index (χ0) is 14.7. The van der Waals surface area contributed by atoms with Crippen molar-refractivity contribution in [3.8, 4) is 0 Å². The van der Waals surface area contributed by atoms with Crippen LogP contribution in [0.4, 0.5) is 0 Å². The van der Waals surface area contributed by atoms with E-state index in [1.54, 1.807) is 0 Å². The molecule has 0 aliphatic heterocycles. The van der Waals surface area contributed by atoms with Gasteiger partial charge in [0, 0.05) is 18.7 Å². The summed E-state index contributed by atoms with van der Waals surface area (Å²) in [4.78, 5) is 14.7. The van der Waals surface area contributed by atoms with Crippen LogP contribution in [-0.2, 0) is 6.54 Å². The quantitative estimate of drug-likeness (QED) is 0.808. The van der Waals surface area contributed by atoms with Crippen LogP contribution in [0, 0.1) is 12.8 Å². The molecular weight excluding hydrogens is 258 g/mol. The maximum atomic E-state index is 12.7. The molecule has 2 heteroatoms. The highest BCUT2D eigenvalue weighted by atomic mass is 16.2. The van der Waals surface area contributed by atoms with Gasteiger partial charge in [0.25, 0.3) is 5.91 Å². The number of benzene rings is 2. The monoisotopic (exact) mass is 279 g/mol. The summed E-state index contributed by atoms with van der Waals surface area (Å²) in [6, 6.07) is 18.1. The number of rotatable bonds is 5. The van der Waals surface area contributed by atoms with Gasteiger partial charge in [0.2, 0.25) is 0 Å². The van der Waals surface area contributed by atoms with Crippen LogP contribution in [-0.4, -0.2) is 17.4 Å². The van der Waals surface area contributed by atoms with Crippen LogP contribution in [0.5, 0.6) is 0 Å². The fraction of sp³-hybridized carbons (Fsp3) is 0.316. The Balaban J connectivity index is 1.77. The molecule has 108 valence electrons. The number of aryl methyl sites for hydroxylation is 1. The van der Waals surface area contributed by atoms with Crippen LogP contribution in [0.2, 0.25) is 0 Å². The Morgan fingerprint density at radius 3 is 2.33 bits per heavy atom. The van der Waals surface area contributed by atoms with E-state index in [-0.39, 0.29) is 5.91 Å². The lowest BCUT2D eigenvalue weighted by atomic mass is 10.1. The molecule has 1 amide bonds. The lowest BCUT2D eigenvalue weighted by Gasteiger charge is -2.23. The molecular formula is C19H21NO. The molecule has 2 nitrogen and oxygen atoms in total. The van der Waals surface area contributed by atoms with Gasteiger partial charge in [-0.15, -0.1) is 0 Å². The molecule has 1 aliphatic rings. The van der Waals surface area contributed by atoms with Gasteiger partial charge in [-0.3, -0.25) is 4.79 Å². The van der Waals surface area contributed by atoms with Gasteiger partial charge < -0.3 is 4.90 Å². The van der Waals surface area contributed by atoms with E-state index >= 15 is 0 Å². The second-order valence-electron chi connectivity index (χ2n) is 5.98. The van der Waals surface area contributed by atoms with Gasteiger partial charge in [-0.25, -0.2) is 0 Å². The van der Waals surface area contributed by atoms with Crippen LogP contribution in [0.1, 0.15) is 34.3 Å². The Bertz CT molecular complexity index is 599. The summed E-state index contributed by atoms with van der Waals surface area (Å²) in [5, 5.41) is 0. The van der Waals surface area contributed by atoms with E-state index in [0.717, 1.165) is 12.1 Å². The maximum absolute atomic E-state index is 12.7. The van der Waals surface area contributed by atoms with Crippen molar-refractivity contribution in [2.75, 3.05) is 6.54 Å². The minimum absolute atomic E-state index is 0.144. The van der Waals surface area contributed by atoms with Gasteiger partial charge in [0.1, 0.15) is 0 Å². The van der Waals surface area contributed by atoms with Gasteiger partial charge in [-0.2, -0.15) is 0 Å². The Morgan fingerprint density at radius 2 is 1.71 bits per heavy atom. The van der Waals surface area contributed by atoms with E-state index in [4.69, 9.17) is 0 Å². The fourth-order valence-corrected chi connectivity index (χ4v) is 2.51. The Morgan fingerprint density at radius 1 is 1.05 bits per heavy atom. The number of carbonyl (C=O) groups excluding carboxylic acids is 1. The molecule has 1 aliphatic carbocycles. The molecule has 0 radical (unpaired) electrons. The molecule has 21 heavy (non-hydrogen) atoms. The molecule has 0 bridgehead atoms. The van der Waals surface area contributed by atoms with E-state index in [2.05, 4.69) is 12.1 Å². The van der Waals surface area contributed by atoms with E-state index in [9.17, 15) is 4.79 Å². The molecule has 0 aromatic heterocycles. The summed E-state index contributed by atoms with van der Waals surface area (Å²) in [7, 11) is 0. The molecule has 1 saturated carbocycles. The Labute approximate surface area is 126 Å². The number of nitrogens with zero attached hydrogens (tertiary/aromatic N) is 1. The molecule has 0 spiro atoms. The van der Waals surface area contributed by atoms with Crippen molar-refractivity contribution in [3.63, 3.8) is 0 Å². The molecule has 0 saturated heterocycles. The summed E-state index contributed by atoms with van der Waals surface area (Å²) in [5.41, 5.74) is 3.17. The van der Waals surface area contributed by atoms with Crippen molar-refractivity contribution >= 4 is 5.91 Å². The highest BCUT2D eigenvalue weighted by Crippen LogP contribution is 2.30. The molecule has 1 fully saturated rings. The predicted octanol–water partition coefficient (Wildman–Crippen LogP) is 4.05. The van der Waals surface area contributed by atoms with E-state index < -0.39 is 0 Å². The first-order chi connectivity index (χ1) is 10.2. The van der Waals surface area contributed by atoms with Crippen molar-refractivity contribution in [1.29, 1.82) is 0 Å². The van der Waals surface area contributed by atoms with E-state index in [1.165, 1.54) is 24.0 Å². The van der Waals surface area contributed by atoms with Crippen LogP contribution in [0.15, 0.2) is 54.6 Å². The van der Waals surface area contributed by atoms with Crippen LogP contribution >= 0.6 is 0 Å².